The zero-order valence-corrected chi connectivity index (χ0v) is 14.6. The number of methoxy groups -OCH3 is 1. The van der Waals surface area contributed by atoms with Gasteiger partial charge in [0.2, 0.25) is 0 Å². The number of hydrogen-bond donors (Lipinski definition) is 1. The maximum atomic E-state index is 11.4. The minimum Gasteiger partial charge on any atom is -0.468 e. The molecule has 1 unspecified atom stereocenters. The van der Waals surface area contributed by atoms with Gasteiger partial charge in [-0.1, -0.05) is 54.6 Å². The molecular weight excluding hydrogens is 326 g/mol. The molecule has 0 heterocycles. The zero-order valence-electron chi connectivity index (χ0n) is 14.6. The number of hydrogen-bond acceptors (Lipinski definition) is 4. The molecule has 3 aromatic rings. The predicted molar refractivity (Wildman–Crippen MR) is 102 cm³/mol. The van der Waals surface area contributed by atoms with Crippen molar-refractivity contribution in [3.05, 3.63) is 84.4 Å². The van der Waals surface area contributed by atoms with Gasteiger partial charge in [0, 0.05) is 0 Å². The Bertz CT molecular complexity index is 843. The van der Waals surface area contributed by atoms with Gasteiger partial charge in [-0.05, 0) is 47.4 Å². The van der Waals surface area contributed by atoms with Crippen LogP contribution in [-0.2, 0) is 16.0 Å². The molecule has 0 aromatic heterocycles. The van der Waals surface area contributed by atoms with Crippen molar-refractivity contribution >= 4 is 5.97 Å². The smallest absolute Gasteiger partial charge is 0.322 e. The molecule has 26 heavy (non-hydrogen) atoms. The third kappa shape index (κ3) is 4.49. The topological polar surface area (TPSA) is 61.5 Å². The second-order valence-electron chi connectivity index (χ2n) is 5.97. The van der Waals surface area contributed by atoms with Gasteiger partial charge in [-0.2, -0.15) is 0 Å². The molecule has 0 aliphatic carbocycles. The molecule has 0 fully saturated rings. The van der Waals surface area contributed by atoms with Crippen LogP contribution >= 0.6 is 0 Å². The average Bonchev–Trinajstić information content (AvgIpc) is 2.69. The molecule has 3 rings (SSSR count). The van der Waals surface area contributed by atoms with Crippen molar-refractivity contribution in [3.8, 4) is 22.6 Å². The molecule has 0 aliphatic rings. The lowest BCUT2D eigenvalue weighted by Crippen LogP contribution is -2.33. The van der Waals surface area contributed by atoms with Gasteiger partial charge >= 0.3 is 5.97 Å². The maximum absolute atomic E-state index is 11.4. The van der Waals surface area contributed by atoms with E-state index in [0.717, 1.165) is 28.2 Å². The largest absolute Gasteiger partial charge is 0.468 e. The van der Waals surface area contributed by atoms with Crippen molar-refractivity contribution < 1.29 is 14.3 Å². The third-order valence-corrected chi connectivity index (χ3v) is 4.08. The Morgan fingerprint density at radius 2 is 1.38 bits per heavy atom. The van der Waals surface area contributed by atoms with Gasteiger partial charge < -0.3 is 15.2 Å². The molecule has 0 saturated heterocycles. The lowest BCUT2D eigenvalue weighted by molar-refractivity contribution is -0.142. The van der Waals surface area contributed by atoms with Gasteiger partial charge in [0.1, 0.15) is 17.5 Å². The lowest BCUT2D eigenvalue weighted by Gasteiger charge is -2.10. The van der Waals surface area contributed by atoms with Gasteiger partial charge in [0.05, 0.1) is 7.11 Å². The van der Waals surface area contributed by atoms with Crippen molar-refractivity contribution in [2.45, 2.75) is 12.5 Å². The fourth-order valence-corrected chi connectivity index (χ4v) is 2.66. The van der Waals surface area contributed by atoms with Gasteiger partial charge in [0.25, 0.3) is 0 Å². The van der Waals surface area contributed by atoms with E-state index in [1.807, 2.05) is 78.9 Å². The second-order valence-corrected chi connectivity index (χ2v) is 5.97. The molecule has 132 valence electrons. The predicted octanol–water partition coefficient (Wildman–Crippen LogP) is 4.19. The number of ether oxygens (including phenoxy) is 2. The van der Waals surface area contributed by atoms with Crippen LogP contribution in [0.25, 0.3) is 11.1 Å². The molecule has 0 spiro atoms. The third-order valence-electron chi connectivity index (χ3n) is 4.08. The molecule has 4 heteroatoms. The Labute approximate surface area is 153 Å². The minimum atomic E-state index is -0.639. The highest BCUT2D eigenvalue weighted by molar-refractivity contribution is 5.75. The highest BCUT2D eigenvalue weighted by Crippen LogP contribution is 2.26. The summed E-state index contributed by atoms with van der Waals surface area (Å²) in [5.41, 5.74) is 8.98. The van der Waals surface area contributed by atoms with Crippen molar-refractivity contribution in [1.82, 2.24) is 0 Å². The Morgan fingerprint density at radius 3 is 1.96 bits per heavy atom. The van der Waals surface area contributed by atoms with Crippen LogP contribution < -0.4 is 10.5 Å². The van der Waals surface area contributed by atoms with Crippen LogP contribution in [0.4, 0.5) is 0 Å². The van der Waals surface area contributed by atoms with Gasteiger partial charge in [-0.3, -0.25) is 4.79 Å². The number of esters is 1. The quantitative estimate of drug-likeness (QED) is 0.679. The van der Waals surface area contributed by atoms with E-state index in [1.54, 1.807) is 0 Å². The van der Waals surface area contributed by atoms with E-state index in [2.05, 4.69) is 4.74 Å². The molecule has 0 radical (unpaired) electrons. The van der Waals surface area contributed by atoms with Crippen molar-refractivity contribution in [1.29, 1.82) is 0 Å². The van der Waals surface area contributed by atoms with E-state index in [9.17, 15) is 4.79 Å². The first-order valence-corrected chi connectivity index (χ1v) is 8.41. The van der Waals surface area contributed by atoms with E-state index in [-0.39, 0.29) is 0 Å². The van der Waals surface area contributed by atoms with Crippen LogP contribution in [0.2, 0.25) is 0 Å². The second kappa shape index (κ2) is 8.32. The Hall–Kier alpha value is -3.11. The van der Waals surface area contributed by atoms with Crippen LogP contribution in [0.15, 0.2) is 78.9 Å². The van der Waals surface area contributed by atoms with Crippen LogP contribution in [-0.4, -0.2) is 19.1 Å². The minimum absolute atomic E-state index is 0.400. The summed E-state index contributed by atoms with van der Waals surface area (Å²) in [6, 6.07) is 25.0. The summed E-state index contributed by atoms with van der Waals surface area (Å²) in [4.78, 5) is 11.4. The first-order chi connectivity index (χ1) is 12.7. The molecule has 0 aliphatic heterocycles. The van der Waals surface area contributed by atoms with Crippen LogP contribution in [0.3, 0.4) is 0 Å². The zero-order chi connectivity index (χ0) is 18.4. The van der Waals surface area contributed by atoms with E-state index in [0.29, 0.717) is 6.42 Å². The SMILES string of the molecule is COC(=O)C(N)Cc1ccc(-c2ccc(Oc3ccccc3)cc2)cc1. The van der Waals surface area contributed by atoms with Crippen molar-refractivity contribution in [2.75, 3.05) is 7.11 Å². The van der Waals surface area contributed by atoms with E-state index in [4.69, 9.17) is 10.5 Å². The molecule has 0 saturated carbocycles. The van der Waals surface area contributed by atoms with Gasteiger partial charge in [-0.15, -0.1) is 0 Å². The van der Waals surface area contributed by atoms with Crippen molar-refractivity contribution in [2.24, 2.45) is 5.73 Å². The normalized spacial score (nSPS) is 11.6. The van der Waals surface area contributed by atoms with Crippen LogP contribution in [0.5, 0.6) is 11.5 Å². The highest BCUT2D eigenvalue weighted by Gasteiger charge is 2.14. The monoisotopic (exact) mass is 347 g/mol. The number of benzene rings is 3. The lowest BCUT2D eigenvalue weighted by atomic mass is 10.0. The average molecular weight is 347 g/mol. The molecule has 2 N–H and O–H groups in total. The highest BCUT2D eigenvalue weighted by atomic mass is 16.5. The fourth-order valence-electron chi connectivity index (χ4n) is 2.66. The Kier molecular flexibility index (Phi) is 5.66. The maximum Gasteiger partial charge on any atom is 0.322 e. The summed E-state index contributed by atoms with van der Waals surface area (Å²) in [6.07, 6.45) is 0.455. The standard InChI is InChI=1S/C22H21NO3/c1-25-22(24)21(23)15-16-7-9-17(10-8-16)18-11-13-20(14-12-18)26-19-5-3-2-4-6-19/h2-14,21H,15,23H2,1H3. The van der Waals surface area contributed by atoms with Gasteiger partial charge in [0.15, 0.2) is 0 Å². The molecule has 4 nitrogen and oxygen atoms in total. The van der Waals surface area contributed by atoms with E-state index < -0.39 is 12.0 Å². The fraction of sp³-hybridized carbons (Fsp3) is 0.136. The first-order valence-electron chi connectivity index (χ1n) is 8.41. The summed E-state index contributed by atoms with van der Waals surface area (Å²) in [7, 11) is 1.34. The molecule has 1 atom stereocenters. The molecule has 0 amide bonds. The summed E-state index contributed by atoms with van der Waals surface area (Å²) >= 11 is 0. The van der Waals surface area contributed by atoms with Crippen molar-refractivity contribution in [3.63, 3.8) is 0 Å². The number of carbonyl (C=O) groups excluding carboxylic acids is 1. The number of rotatable bonds is 6. The van der Waals surface area contributed by atoms with E-state index in [1.165, 1.54) is 7.11 Å². The number of nitrogens with two attached hydrogens (primary N) is 1. The van der Waals surface area contributed by atoms with Crippen LogP contribution in [0.1, 0.15) is 5.56 Å². The Morgan fingerprint density at radius 1 is 0.846 bits per heavy atom. The molecule has 0 bridgehead atoms. The summed E-state index contributed by atoms with van der Waals surface area (Å²) in [6.45, 7) is 0. The Balaban J connectivity index is 1.66. The molecular formula is C22H21NO3. The number of carbonyl (C=O) groups is 1. The first kappa shape index (κ1) is 17.7. The summed E-state index contributed by atoms with van der Waals surface area (Å²) in [5.74, 6) is 1.20. The van der Waals surface area contributed by atoms with E-state index >= 15 is 0 Å². The van der Waals surface area contributed by atoms with Crippen LogP contribution in [0, 0.1) is 0 Å². The van der Waals surface area contributed by atoms with Gasteiger partial charge in [-0.25, -0.2) is 0 Å². The summed E-state index contributed by atoms with van der Waals surface area (Å²) in [5, 5.41) is 0. The summed E-state index contributed by atoms with van der Waals surface area (Å²) < 4.78 is 10.5. The molecule has 3 aromatic carbocycles. The number of para-hydroxylation sites is 1.